The van der Waals surface area contributed by atoms with Crippen molar-refractivity contribution in [3.8, 4) is 11.5 Å². The predicted octanol–water partition coefficient (Wildman–Crippen LogP) is 3.24. The van der Waals surface area contributed by atoms with Crippen molar-refractivity contribution in [1.29, 1.82) is 0 Å². The summed E-state index contributed by atoms with van der Waals surface area (Å²) in [6.45, 7) is 0.444. The highest BCUT2D eigenvalue weighted by molar-refractivity contribution is 6.31. The van der Waals surface area contributed by atoms with Crippen molar-refractivity contribution in [3.05, 3.63) is 81.7 Å². The zero-order valence-electron chi connectivity index (χ0n) is 15.1. The van der Waals surface area contributed by atoms with Crippen molar-refractivity contribution < 1.29 is 14.3 Å². The quantitative estimate of drug-likeness (QED) is 0.659. The molecule has 0 radical (unpaired) electrons. The fraction of sp³-hybridized carbons (Fsp3) is 0.150. The standard InChI is InChI=1S/C20H18ClN3O4/c1-27-18-9-7-14(21)13-17(18)22-20(26)16-8-10-19(25)24(23-16)11-12-28-15-5-3-2-4-6-15/h2-10,13H,11-12H2,1H3,(H,22,26). The molecule has 3 rings (SSSR count). The van der Waals surface area contributed by atoms with Gasteiger partial charge in [-0.05, 0) is 36.4 Å². The highest BCUT2D eigenvalue weighted by atomic mass is 35.5. The van der Waals surface area contributed by atoms with E-state index in [2.05, 4.69) is 10.4 Å². The first-order valence-corrected chi connectivity index (χ1v) is 8.85. The Morgan fingerprint density at radius 3 is 2.68 bits per heavy atom. The summed E-state index contributed by atoms with van der Waals surface area (Å²) in [6, 6.07) is 16.8. The molecule has 0 saturated carbocycles. The Balaban J connectivity index is 1.71. The SMILES string of the molecule is COc1ccc(Cl)cc1NC(=O)c1ccc(=O)n(CCOc2ccccc2)n1. The Labute approximate surface area is 166 Å². The van der Waals surface area contributed by atoms with Crippen molar-refractivity contribution in [1.82, 2.24) is 9.78 Å². The van der Waals surface area contributed by atoms with Crippen LogP contribution >= 0.6 is 11.6 Å². The van der Waals surface area contributed by atoms with Gasteiger partial charge in [-0.15, -0.1) is 0 Å². The Hall–Kier alpha value is -3.32. The lowest BCUT2D eigenvalue weighted by Crippen LogP contribution is -2.28. The molecule has 8 heteroatoms. The molecule has 0 fully saturated rings. The van der Waals surface area contributed by atoms with Gasteiger partial charge in [0.25, 0.3) is 11.5 Å². The van der Waals surface area contributed by atoms with Gasteiger partial charge in [0.15, 0.2) is 0 Å². The zero-order valence-corrected chi connectivity index (χ0v) is 15.8. The highest BCUT2D eigenvalue weighted by Gasteiger charge is 2.13. The molecule has 1 heterocycles. The third kappa shape index (κ3) is 4.89. The minimum atomic E-state index is -0.488. The number of amides is 1. The van der Waals surface area contributed by atoms with Crippen molar-refractivity contribution in [2.24, 2.45) is 0 Å². The van der Waals surface area contributed by atoms with E-state index in [1.807, 2.05) is 30.3 Å². The molecular weight excluding hydrogens is 382 g/mol. The first kappa shape index (κ1) is 19.4. The van der Waals surface area contributed by atoms with Crippen LogP contribution in [0.4, 0.5) is 5.69 Å². The number of nitrogens with one attached hydrogen (secondary N) is 1. The number of nitrogens with zero attached hydrogens (tertiary/aromatic N) is 2. The maximum atomic E-state index is 12.5. The van der Waals surface area contributed by atoms with E-state index in [0.29, 0.717) is 22.2 Å². The number of methoxy groups -OCH3 is 1. The molecule has 7 nitrogen and oxygen atoms in total. The van der Waals surface area contributed by atoms with Crippen LogP contribution in [0, 0.1) is 0 Å². The minimum Gasteiger partial charge on any atom is -0.495 e. The average Bonchev–Trinajstić information content (AvgIpc) is 2.70. The van der Waals surface area contributed by atoms with Crippen LogP contribution in [0.25, 0.3) is 0 Å². The Morgan fingerprint density at radius 2 is 1.93 bits per heavy atom. The van der Waals surface area contributed by atoms with E-state index in [4.69, 9.17) is 21.1 Å². The Bertz CT molecular complexity index is 1020. The molecule has 0 aliphatic carbocycles. The number of anilines is 1. The number of ether oxygens (including phenoxy) is 2. The fourth-order valence-corrected chi connectivity index (χ4v) is 2.63. The number of benzene rings is 2. The lowest BCUT2D eigenvalue weighted by Gasteiger charge is -2.11. The largest absolute Gasteiger partial charge is 0.495 e. The highest BCUT2D eigenvalue weighted by Crippen LogP contribution is 2.27. The second-order valence-corrected chi connectivity index (χ2v) is 6.18. The van der Waals surface area contributed by atoms with Crippen molar-refractivity contribution in [3.63, 3.8) is 0 Å². The molecule has 3 aromatic rings. The molecule has 0 unspecified atom stereocenters. The third-order valence-electron chi connectivity index (χ3n) is 3.82. The van der Waals surface area contributed by atoms with Crippen LogP contribution < -0.4 is 20.3 Å². The van der Waals surface area contributed by atoms with Crippen molar-refractivity contribution in [2.45, 2.75) is 6.54 Å². The lowest BCUT2D eigenvalue weighted by atomic mass is 10.2. The molecule has 2 aromatic carbocycles. The van der Waals surface area contributed by atoms with Crippen LogP contribution in [0.3, 0.4) is 0 Å². The number of halogens is 1. The van der Waals surface area contributed by atoms with E-state index in [1.165, 1.54) is 23.9 Å². The molecule has 0 aliphatic rings. The van der Waals surface area contributed by atoms with Gasteiger partial charge in [0.1, 0.15) is 23.8 Å². The van der Waals surface area contributed by atoms with Gasteiger partial charge in [-0.2, -0.15) is 5.10 Å². The number of hydrogen-bond donors (Lipinski definition) is 1. The summed E-state index contributed by atoms with van der Waals surface area (Å²) in [5.41, 5.74) is 0.168. The lowest BCUT2D eigenvalue weighted by molar-refractivity contribution is 0.101. The molecule has 1 N–H and O–H groups in total. The van der Waals surface area contributed by atoms with Gasteiger partial charge in [-0.3, -0.25) is 9.59 Å². The van der Waals surface area contributed by atoms with E-state index >= 15 is 0 Å². The number of carbonyl (C=O) groups is 1. The van der Waals surface area contributed by atoms with Gasteiger partial charge in [0, 0.05) is 11.1 Å². The average molecular weight is 400 g/mol. The summed E-state index contributed by atoms with van der Waals surface area (Å²) in [6.07, 6.45) is 0. The molecule has 1 amide bonds. The summed E-state index contributed by atoms with van der Waals surface area (Å²) < 4.78 is 12.0. The van der Waals surface area contributed by atoms with E-state index in [9.17, 15) is 9.59 Å². The van der Waals surface area contributed by atoms with Crippen LogP contribution in [-0.4, -0.2) is 29.4 Å². The molecule has 0 atom stereocenters. The third-order valence-corrected chi connectivity index (χ3v) is 4.06. The van der Waals surface area contributed by atoms with Gasteiger partial charge >= 0.3 is 0 Å². The molecule has 28 heavy (non-hydrogen) atoms. The number of rotatable bonds is 7. The van der Waals surface area contributed by atoms with Gasteiger partial charge in [0.2, 0.25) is 0 Å². The topological polar surface area (TPSA) is 82.5 Å². The van der Waals surface area contributed by atoms with Crippen LogP contribution in [0.2, 0.25) is 5.02 Å². The van der Waals surface area contributed by atoms with Crippen LogP contribution in [0.15, 0.2) is 65.5 Å². The summed E-state index contributed by atoms with van der Waals surface area (Å²) in [7, 11) is 1.49. The molecule has 144 valence electrons. The summed E-state index contributed by atoms with van der Waals surface area (Å²) in [4.78, 5) is 24.5. The Morgan fingerprint density at radius 1 is 1.14 bits per heavy atom. The molecule has 1 aromatic heterocycles. The Kier molecular flexibility index (Phi) is 6.29. The predicted molar refractivity (Wildman–Crippen MR) is 106 cm³/mol. The van der Waals surface area contributed by atoms with E-state index < -0.39 is 5.91 Å². The molecule has 0 saturated heterocycles. The van der Waals surface area contributed by atoms with Crippen LogP contribution in [0.1, 0.15) is 10.5 Å². The zero-order chi connectivity index (χ0) is 19.9. The van der Waals surface area contributed by atoms with Crippen LogP contribution in [0.5, 0.6) is 11.5 Å². The monoisotopic (exact) mass is 399 g/mol. The molecule has 0 aliphatic heterocycles. The molecular formula is C20H18ClN3O4. The summed E-state index contributed by atoms with van der Waals surface area (Å²) in [5, 5.41) is 7.26. The van der Waals surface area contributed by atoms with Gasteiger partial charge in [-0.1, -0.05) is 29.8 Å². The second kappa shape index (κ2) is 9.05. The first-order valence-electron chi connectivity index (χ1n) is 8.48. The maximum Gasteiger partial charge on any atom is 0.276 e. The second-order valence-electron chi connectivity index (χ2n) is 5.74. The number of hydrogen-bond acceptors (Lipinski definition) is 5. The number of para-hydroxylation sites is 1. The van der Waals surface area contributed by atoms with E-state index in [-0.39, 0.29) is 24.4 Å². The smallest absolute Gasteiger partial charge is 0.276 e. The summed E-state index contributed by atoms with van der Waals surface area (Å²) in [5.74, 6) is 0.665. The minimum absolute atomic E-state index is 0.0846. The van der Waals surface area contributed by atoms with Crippen molar-refractivity contribution in [2.75, 3.05) is 19.0 Å². The van der Waals surface area contributed by atoms with E-state index in [1.54, 1.807) is 18.2 Å². The normalized spacial score (nSPS) is 10.4. The van der Waals surface area contributed by atoms with E-state index in [0.717, 1.165) is 0 Å². The fourth-order valence-electron chi connectivity index (χ4n) is 2.46. The number of carbonyl (C=O) groups excluding carboxylic acids is 1. The van der Waals surface area contributed by atoms with Crippen LogP contribution in [-0.2, 0) is 6.54 Å². The maximum absolute atomic E-state index is 12.5. The molecule has 0 bridgehead atoms. The summed E-state index contributed by atoms with van der Waals surface area (Å²) >= 11 is 5.98. The number of aromatic nitrogens is 2. The van der Waals surface area contributed by atoms with Crippen molar-refractivity contribution >= 4 is 23.2 Å². The first-order chi connectivity index (χ1) is 13.6. The van der Waals surface area contributed by atoms with Gasteiger partial charge in [-0.25, -0.2) is 4.68 Å². The van der Waals surface area contributed by atoms with Gasteiger partial charge < -0.3 is 14.8 Å². The molecule has 0 spiro atoms. The van der Waals surface area contributed by atoms with Gasteiger partial charge in [0.05, 0.1) is 19.3 Å².